The molecule has 144 valence electrons. The highest BCUT2D eigenvalue weighted by atomic mass is 35.5. The molecular formula is C20H16ClFN2O4. The van der Waals surface area contributed by atoms with E-state index in [1.54, 1.807) is 25.1 Å². The minimum absolute atomic E-state index is 0.0378. The van der Waals surface area contributed by atoms with Gasteiger partial charge in [-0.1, -0.05) is 11.6 Å². The number of methoxy groups -OCH3 is 1. The molecule has 0 saturated carbocycles. The zero-order valence-electron chi connectivity index (χ0n) is 15.0. The Morgan fingerprint density at radius 2 is 1.86 bits per heavy atom. The number of carbonyl (C=O) groups is 2. The van der Waals surface area contributed by atoms with Crippen molar-refractivity contribution in [3.05, 3.63) is 76.5 Å². The zero-order chi connectivity index (χ0) is 20.3. The van der Waals surface area contributed by atoms with Gasteiger partial charge in [-0.25, -0.2) is 9.18 Å². The van der Waals surface area contributed by atoms with E-state index in [0.717, 1.165) is 0 Å². The summed E-state index contributed by atoms with van der Waals surface area (Å²) in [6.07, 6.45) is 1.23. The average molecular weight is 403 g/mol. The molecule has 3 rings (SSSR count). The van der Waals surface area contributed by atoms with Crippen molar-refractivity contribution in [2.45, 2.75) is 6.92 Å². The number of nitrogens with one attached hydrogen (secondary N) is 2. The van der Waals surface area contributed by atoms with Crippen LogP contribution in [0.1, 0.15) is 26.5 Å². The fraction of sp³-hybridized carbons (Fsp3) is 0.100. The normalized spacial score (nSPS) is 10.4. The van der Waals surface area contributed by atoms with Crippen molar-refractivity contribution in [2.24, 2.45) is 0 Å². The number of hydrogen-bond acceptors (Lipinski definition) is 5. The molecule has 6 nitrogen and oxygen atoms in total. The van der Waals surface area contributed by atoms with Gasteiger partial charge in [0.05, 0.1) is 24.0 Å². The van der Waals surface area contributed by atoms with Crippen molar-refractivity contribution in [1.82, 2.24) is 0 Å². The minimum Gasteiger partial charge on any atom is -0.463 e. The quantitative estimate of drug-likeness (QED) is 0.576. The van der Waals surface area contributed by atoms with Crippen LogP contribution >= 0.6 is 11.6 Å². The Bertz CT molecular complexity index is 1050. The molecule has 0 aliphatic carbocycles. The number of esters is 1. The molecule has 0 bridgehead atoms. The molecular weight excluding hydrogens is 387 g/mol. The lowest BCUT2D eigenvalue weighted by Gasteiger charge is -2.14. The Morgan fingerprint density at radius 3 is 2.57 bits per heavy atom. The largest absolute Gasteiger partial charge is 0.463 e. The zero-order valence-corrected chi connectivity index (χ0v) is 15.8. The molecule has 2 aromatic carbocycles. The Kier molecular flexibility index (Phi) is 5.65. The monoisotopic (exact) mass is 402 g/mol. The number of aryl methyl sites for hydroxylation is 1. The maximum Gasteiger partial charge on any atom is 0.374 e. The lowest BCUT2D eigenvalue weighted by atomic mass is 10.1. The maximum absolute atomic E-state index is 13.3. The molecule has 28 heavy (non-hydrogen) atoms. The van der Waals surface area contributed by atoms with Gasteiger partial charge in [-0.15, -0.1) is 0 Å². The molecule has 0 saturated heterocycles. The molecule has 0 aliphatic rings. The first-order valence-electron chi connectivity index (χ1n) is 8.18. The minimum atomic E-state index is -0.655. The summed E-state index contributed by atoms with van der Waals surface area (Å²) < 4.78 is 22.9. The smallest absolute Gasteiger partial charge is 0.374 e. The van der Waals surface area contributed by atoms with Crippen LogP contribution in [-0.4, -0.2) is 19.0 Å². The summed E-state index contributed by atoms with van der Waals surface area (Å²) in [6, 6.07) is 10.4. The highest BCUT2D eigenvalue weighted by Crippen LogP contribution is 2.27. The second-order valence-electron chi connectivity index (χ2n) is 5.92. The second kappa shape index (κ2) is 8.14. The lowest BCUT2D eigenvalue weighted by Crippen LogP contribution is -2.13. The van der Waals surface area contributed by atoms with E-state index in [-0.39, 0.29) is 22.8 Å². The van der Waals surface area contributed by atoms with Crippen molar-refractivity contribution in [3.63, 3.8) is 0 Å². The number of anilines is 3. The first-order valence-corrected chi connectivity index (χ1v) is 8.56. The van der Waals surface area contributed by atoms with Gasteiger partial charge in [-0.3, -0.25) is 4.79 Å². The molecule has 1 heterocycles. The average Bonchev–Trinajstić information content (AvgIpc) is 3.13. The number of furan rings is 1. The molecule has 0 unspecified atom stereocenters. The van der Waals surface area contributed by atoms with Crippen LogP contribution in [0.25, 0.3) is 0 Å². The molecule has 1 aromatic heterocycles. The van der Waals surface area contributed by atoms with Gasteiger partial charge in [-0.2, -0.15) is 0 Å². The molecule has 0 fully saturated rings. The van der Waals surface area contributed by atoms with Crippen molar-refractivity contribution >= 4 is 40.5 Å². The van der Waals surface area contributed by atoms with E-state index in [2.05, 4.69) is 15.4 Å². The van der Waals surface area contributed by atoms with E-state index in [4.69, 9.17) is 16.0 Å². The molecule has 0 atom stereocenters. The Balaban J connectivity index is 1.86. The van der Waals surface area contributed by atoms with Gasteiger partial charge >= 0.3 is 5.97 Å². The molecule has 0 aliphatic heterocycles. The van der Waals surface area contributed by atoms with Gasteiger partial charge < -0.3 is 19.8 Å². The van der Waals surface area contributed by atoms with E-state index < -0.39 is 11.9 Å². The van der Waals surface area contributed by atoms with Gasteiger partial charge in [-0.05, 0) is 48.9 Å². The van der Waals surface area contributed by atoms with Crippen LogP contribution in [0.3, 0.4) is 0 Å². The molecule has 0 radical (unpaired) electrons. The standard InChI is InChI=1S/C20H16ClFN2O4/c1-11-7-13(22)4-6-16(11)24-17-5-3-12(21)8-15(17)19(25)23-14-9-18(28-10-14)20(26)27-2/h3-10,24H,1-2H3,(H,23,25). The highest BCUT2D eigenvalue weighted by Gasteiger charge is 2.17. The lowest BCUT2D eigenvalue weighted by molar-refractivity contribution is 0.0565. The molecule has 8 heteroatoms. The van der Waals surface area contributed by atoms with Gasteiger partial charge in [0.25, 0.3) is 5.91 Å². The second-order valence-corrected chi connectivity index (χ2v) is 6.36. The number of rotatable bonds is 5. The summed E-state index contributed by atoms with van der Waals surface area (Å²) in [5, 5.41) is 6.12. The van der Waals surface area contributed by atoms with E-state index in [9.17, 15) is 14.0 Å². The third-order valence-electron chi connectivity index (χ3n) is 3.93. The predicted molar refractivity (Wildman–Crippen MR) is 104 cm³/mol. The Labute approximate surface area is 165 Å². The highest BCUT2D eigenvalue weighted by molar-refractivity contribution is 6.31. The number of ether oxygens (including phenoxy) is 1. The van der Waals surface area contributed by atoms with Crippen molar-refractivity contribution in [1.29, 1.82) is 0 Å². The van der Waals surface area contributed by atoms with E-state index in [1.807, 2.05) is 0 Å². The van der Waals surface area contributed by atoms with Crippen molar-refractivity contribution in [3.8, 4) is 0 Å². The summed E-state index contributed by atoms with van der Waals surface area (Å²) in [6.45, 7) is 1.75. The number of hydrogen-bond donors (Lipinski definition) is 2. The Hall–Kier alpha value is -3.32. The van der Waals surface area contributed by atoms with Gasteiger partial charge in [0.15, 0.2) is 0 Å². The molecule has 2 N–H and O–H groups in total. The predicted octanol–water partition coefficient (Wildman–Crippen LogP) is 5.16. The summed E-state index contributed by atoms with van der Waals surface area (Å²) in [4.78, 5) is 24.2. The first-order chi connectivity index (χ1) is 13.4. The SMILES string of the molecule is COC(=O)c1cc(NC(=O)c2cc(Cl)ccc2Nc2ccc(F)cc2C)co1. The molecule has 3 aromatic rings. The third kappa shape index (κ3) is 4.32. The number of amides is 1. The maximum atomic E-state index is 13.3. The molecule has 1 amide bonds. The van der Waals surface area contributed by atoms with Gasteiger partial charge in [0.1, 0.15) is 12.1 Å². The van der Waals surface area contributed by atoms with Crippen LogP contribution < -0.4 is 10.6 Å². The van der Waals surface area contributed by atoms with Crippen LogP contribution in [-0.2, 0) is 4.74 Å². The van der Waals surface area contributed by atoms with Crippen molar-refractivity contribution < 1.29 is 23.1 Å². The van der Waals surface area contributed by atoms with Crippen LogP contribution in [0.5, 0.6) is 0 Å². The molecule has 0 spiro atoms. The summed E-state index contributed by atoms with van der Waals surface area (Å²) in [5.41, 5.74) is 2.35. The Morgan fingerprint density at radius 1 is 1.11 bits per heavy atom. The van der Waals surface area contributed by atoms with E-state index in [0.29, 0.717) is 22.0 Å². The van der Waals surface area contributed by atoms with Crippen molar-refractivity contribution in [2.75, 3.05) is 17.7 Å². The van der Waals surface area contributed by atoms with Gasteiger partial charge in [0, 0.05) is 16.8 Å². The summed E-state index contributed by atoms with van der Waals surface area (Å²) in [5.74, 6) is -1.51. The topological polar surface area (TPSA) is 80.6 Å². The van der Waals surface area contributed by atoms with Crippen LogP contribution in [0.4, 0.5) is 21.5 Å². The fourth-order valence-electron chi connectivity index (χ4n) is 2.53. The van der Waals surface area contributed by atoms with Crippen LogP contribution in [0.15, 0.2) is 53.1 Å². The van der Waals surface area contributed by atoms with Crippen LogP contribution in [0, 0.1) is 12.7 Å². The number of halogens is 2. The van der Waals surface area contributed by atoms with E-state index >= 15 is 0 Å². The fourth-order valence-corrected chi connectivity index (χ4v) is 2.71. The summed E-state index contributed by atoms with van der Waals surface area (Å²) >= 11 is 6.05. The number of carbonyl (C=O) groups excluding carboxylic acids is 2. The van der Waals surface area contributed by atoms with Gasteiger partial charge in [0.2, 0.25) is 5.76 Å². The first kappa shape index (κ1) is 19.4. The summed E-state index contributed by atoms with van der Waals surface area (Å²) in [7, 11) is 1.23. The van der Waals surface area contributed by atoms with Crippen LogP contribution in [0.2, 0.25) is 5.02 Å². The third-order valence-corrected chi connectivity index (χ3v) is 4.16. The number of benzene rings is 2. The van der Waals surface area contributed by atoms with E-state index in [1.165, 1.54) is 37.6 Å².